The number of hydrogen-bond donors (Lipinski definition) is 2. The maximum absolute atomic E-state index is 11.6. The van der Waals surface area contributed by atoms with Crippen molar-refractivity contribution in [3.05, 3.63) is 0 Å². The fourth-order valence-corrected chi connectivity index (χ4v) is 5.08. The quantitative estimate of drug-likeness (QED) is 0.753. The molecule has 6 heteroatoms. The van der Waals surface area contributed by atoms with Crippen molar-refractivity contribution < 1.29 is 8.42 Å². The molecule has 0 saturated carbocycles. The third-order valence-corrected chi connectivity index (χ3v) is 6.33. The van der Waals surface area contributed by atoms with Gasteiger partial charge in [0.1, 0.15) is 0 Å². The van der Waals surface area contributed by atoms with Crippen LogP contribution in [0.3, 0.4) is 0 Å². The van der Waals surface area contributed by atoms with E-state index in [1.807, 2.05) is 6.92 Å². The molecule has 0 spiro atoms. The maximum atomic E-state index is 11.6. The fraction of sp³-hybridized carbons (Fsp3) is 1.00. The molecular formula is C13H27N3O2S. The van der Waals surface area contributed by atoms with E-state index in [1.165, 1.54) is 0 Å². The maximum Gasteiger partial charge on any atom is 0.152 e. The summed E-state index contributed by atoms with van der Waals surface area (Å²) in [5.74, 6) is 0.599. The van der Waals surface area contributed by atoms with Crippen molar-refractivity contribution in [2.45, 2.75) is 38.3 Å². The van der Waals surface area contributed by atoms with Gasteiger partial charge in [-0.2, -0.15) is 0 Å². The second-order valence-electron chi connectivity index (χ2n) is 6.81. The Balaban J connectivity index is 1.90. The molecule has 5 nitrogen and oxygen atoms in total. The molecule has 112 valence electrons. The first-order chi connectivity index (χ1) is 8.73. The number of nitrogens with zero attached hydrogens (tertiary/aromatic N) is 1. The lowest BCUT2D eigenvalue weighted by atomic mass is 9.97. The summed E-state index contributed by atoms with van der Waals surface area (Å²) >= 11 is 0. The van der Waals surface area contributed by atoms with Crippen LogP contribution in [0.2, 0.25) is 0 Å². The molecule has 0 radical (unpaired) electrons. The van der Waals surface area contributed by atoms with Gasteiger partial charge in [0.15, 0.2) is 9.84 Å². The highest BCUT2D eigenvalue weighted by molar-refractivity contribution is 7.91. The van der Waals surface area contributed by atoms with Gasteiger partial charge in [0.2, 0.25) is 0 Å². The second kappa shape index (κ2) is 5.31. The van der Waals surface area contributed by atoms with Gasteiger partial charge in [0.05, 0.1) is 11.5 Å². The smallest absolute Gasteiger partial charge is 0.152 e. The zero-order valence-corrected chi connectivity index (χ0v) is 13.1. The highest BCUT2D eigenvalue weighted by atomic mass is 32.2. The van der Waals surface area contributed by atoms with Gasteiger partial charge in [-0.1, -0.05) is 0 Å². The summed E-state index contributed by atoms with van der Waals surface area (Å²) in [6.07, 6.45) is 0.729. The number of hydrogen-bond acceptors (Lipinski definition) is 5. The summed E-state index contributed by atoms with van der Waals surface area (Å²) in [5.41, 5.74) is -0.179. The first-order valence-corrected chi connectivity index (χ1v) is 8.96. The molecule has 0 amide bonds. The van der Waals surface area contributed by atoms with Crippen molar-refractivity contribution in [3.63, 3.8) is 0 Å². The molecule has 2 N–H and O–H groups in total. The average Bonchev–Trinajstić information content (AvgIpc) is 2.63. The molecule has 0 aromatic heterocycles. The van der Waals surface area contributed by atoms with Gasteiger partial charge in [0, 0.05) is 43.8 Å². The van der Waals surface area contributed by atoms with E-state index in [2.05, 4.69) is 29.4 Å². The third-order valence-electron chi connectivity index (χ3n) is 4.42. The normalized spacial score (nSPS) is 32.6. The predicted molar refractivity (Wildman–Crippen MR) is 78.2 cm³/mol. The van der Waals surface area contributed by atoms with Crippen molar-refractivity contribution in [1.82, 2.24) is 15.5 Å². The lowest BCUT2D eigenvalue weighted by molar-refractivity contribution is 0.0951. The van der Waals surface area contributed by atoms with Gasteiger partial charge < -0.3 is 10.6 Å². The minimum Gasteiger partial charge on any atom is -0.314 e. The number of piperazine rings is 1. The highest BCUT2D eigenvalue weighted by Gasteiger charge is 2.39. The number of rotatable bonds is 4. The number of nitrogens with one attached hydrogen (secondary N) is 2. The lowest BCUT2D eigenvalue weighted by Crippen LogP contribution is -2.59. The largest absolute Gasteiger partial charge is 0.314 e. The van der Waals surface area contributed by atoms with Crippen LogP contribution < -0.4 is 10.6 Å². The molecule has 2 saturated heterocycles. The molecule has 0 aromatic rings. The van der Waals surface area contributed by atoms with E-state index in [1.54, 1.807) is 0 Å². The lowest BCUT2D eigenvalue weighted by Gasteiger charge is -2.43. The van der Waals surface area contributed by atoms with E-state index in [-0.39, 0.29) is 16.8 Å². The van der Waals surface area contributed by atoms with E-state index in [4.69, 9.17) is 0 Å². The van der Waals surface area contributed by atoms with Crippen LogP contribution in [0.1, 0.15) is 27.2 Å². The molecular weight excluding hydrogens is 262 g/mol. The Morgan fingerprint density at radius 2 is 1.95 bits per heavy atom. The average molecular weight is 289 g/mol. The zero-order valence-electron chi connectivity index (χ0n) is 12.3. The predicted octanol–water partition coefficient (Wildman–Crippen LogP) is -0.163. The van der Waals surface area contributed by atoms with Gasteiger partial charge in [-0.15, -0.1) is 0 Å². The van der Waals surface area contributed by atoms with E-state index in [9.17, 15) is 8.42 Å². The van der Waals surface area contributed by atoms with Crippen LogP contribution in [0.5, 0.6) is 0 Å². The topological polar surface area (TPSA) is 61.4 Å². The van der Waals surface area contributed by atoms with Gasteiger partial charge in [0.25, 0.3) is 0 Å². The Bertz CT molecular complexity index is 416. The summed E-state index contributed by atoms with van der Waals surface area (Å²) in [7, 11) is -2.83. The summed E-state index contributed by atoms with van der Waals surface area (Å²) in [4.78, 5) is 2.48. The summed E-state index contributed by atoms with van der Waals surface area (Å²) in [6.45, 7) is 11.5. The molecule has 1 unspecified atom stereocenters. The van der Waals surface area contributed by atoms with Crippen molar-refractivity contribution in [3.8, 4) is 0 Å². The fourth-order valence-electron chi connectivity index (χ4n) is 2.96. The monoisotopic (exact) mass is 289 g/mol. The Kier molecular flexibility index (Phi) is 4.26. The molecule has 2 rings (SSSR count). The van der Waals surface area contributed by atoms with Gasteiger partial charge >= 0.3 is 0 Å². The van der Waals surface area contributed by atoms with Crippen LogP contribution in [0.4, 0.5) is 0 Å². The zero-order chi connectivity index (χ0) is 14.1. The molecule has 1 atom stereocenters. The van der Waals surface area contributed by atoms with E-state index < -0.39 is 9.84 Å². The molecule has 2 fully saturated rings. The van der Waals surface area contributed by atoms with Gasteiger partial charge in [-0.25, -0.2) is 8.42 Å². The Morgan fingerprint density at radius 1 is 1.32 bits per heavy atom. The third kappa shape index (κ3) is 3.90. The van der Waals surface area contributed by atoms with E-state index >= 15 is 0 Å². The van der Waals surface area contributed by atoms with Crippen molar-refractivity contribution >= 4 is 9.84 Å². The van der Waals surface area contributed by atoms with Crippen LogP contribution in [0.25, 0.3) is 0 Å². The van der Waals surface area contributed by atoms with Crippen molar-refractivity contribution in [2.24, 2.45) is 0 Å². The Labute approximate surface area is 117 Å². The summed E-state index contributed by atoms with van der Waals surface area (Å²) < 4.78 is 23.2. The van der Waals surface area contributed by atoms with Crippen molar-refractivity contribution in [1.29, 1.82) is 0 Å². The SMILES string of the molecule is CC1(NCC(C)(C)N2CCNCC2)CCS(=O)(=O)C1. The van der Waals surface area contributed by atoms with Crippen molar-refractivity contribution in [2.75, 3.05) is 44.2 Å². The molecule has 2 heterocycles. The second-order valence-corrected chi connectivity index (χ2v) is 8.99. The first kappa shape index (κ1) is 15.2. The van der Waals surface area contributed by atoms with Gasteiger partial charge in [-0.05, 0) is 27.2 Å². The molecule has 0 bridgehead atoms. The first-order valence-electron chi connectivity index (χ1n) is 7.14. The summed E-state index contributed by atoms with van der Waals surface area (Å²) in [5, 5.41) is 6.87. The molecule has 19 heavy (non-hydrogen) atoms. The molecule has 2 aliphatic heterocycles. The summed E-state index contributed by atoms with van der Waals surface area (Å²) in [6, 6.07) is 0. The Hall–Kier alpha value is -0.170. The molecule has 2 aliphatic rings. The van der Waals surface area contributed by atoms with E-state index in [0.717, 1.165) is 39.1 Å². The van der Waals surface area contributed by atoms with Gasteiger partial charge in [-0.3, -0.25) is 4.90 Å². The van der Waals surface area contributed by atoms with Crippen LogP contribution in [0.15, 0.2) is 0 Å². The Morgan fingerprint density at radius 3 is 2.47 bits per heavy atom. The minimum atomic E-state index is -2.83. The minimum absolute atomic E-state index is 0.0669. The number of sulfone groups is 1. The van der Waals surface area contributed by atoms with Crippen LogP contribution >= 0.6 is 0 Å². The van der Waals surface area contributed by atoms with Crippen LogP contribution in [0, 0.1) is 0 Å². The highest BCUT2D eigenvalue weighted by Crippen LogP contribution is 2.24. The molecule has 0 aliphatic carbocycles. The van der Waals surface area contributed by atoms with E-state index in [0.29, 0.717) is 5.75 Å². The molecule has 0 aromatic carbocycles. The van der Waals surface area contributed by atoms with Crippen LogP contribution in [-0.4, -0.2) is 68.6 Å². The standard InChI is InChI=1S/C13H27N3O2S/c1-12(2,16-7-5-14-6-8-16)10-15-13(3)4-9-19(17,18)11-13/h14-15H,4-11H2,1-3H3. The van der Waals surface area contributed by atoms with Crippen LogP contribution in [-0.2, 0) is 9.84 Å².